The summed E-state index contributed by atoms with van der Waals surface area (Å²) in [6.45, 7) is 2.00. The maximum Gasteiger partial charge on any atom is 0.249 e. The normalized spacial score (nSPS) is 25.9. The molecule has 2 aliphatic rings. The highest BCUT2D eigenvalue weighted by Crippen LogP contribution is 2.24. The zero-order valence-electron chi connectivity index (χ0n) is 9.77. The minimum atomic E-state index is -0.388. The number of nitrogens with two attached hydrogens (primary N) is 1. The molecule has 94 valence electrons. The van der Waals surface area contributed by atoms with E-state index in [-0.39, 0.29) is 30.4 Å². The van der Waals surface area contributed by atoms with E-state index in [0.717, 1.165) is 12.8 Å². The van der Waals surface area contributed by atoms with Crippen LogP contribution in [-0.4, -0.2) is 41.3 Å². The van der Waals surface area contributed by atoms with Gasteiger partial charge < -0.3 is 4.90 Å². The van der Waals surface area contributed by atoms with Crippen molar-refractivity contribution in [3.8, 4) is 0 Å². The first-order valence-corrected chi connectivity index (χ1v) is 5.80. The summed E-state index contributed by atoms with van der Waals surface area (Å²) in [5.41, 5.74) is 2.49. The highest BCUT2D eigenvalue weighted by Gasteiger charge is 2.35. The highest BCUT2D eigenvalue weighted by molar-refractivity contribution is 6.04. The summed E-state index contributed by atoms with van der Waals surface area (Å²) >= 11 is 0. The Morgan fingerprint density at radius 3 is 2.82 bits per heavy atom. The zero-order chi connectivity index (χ0) is 12.4. The lowest BCUT2D eigenvalue weighted by molar-refractivity contribution is -0.137. The lowest BCUT2D eigenvalue weighted by atomic mass is 10.1. The van der Waals surface area contributed by atoms with Crippen molar-refractivity contribution < 1.29 is 9.59 Å². The molecule has 1 aliphatic carbocycles. The van der Waals surface area contributed by atoms with Crippen LogP contribution in [0.1, 0.15) is 26.2 Å². The van der Waals surface area contributed by atoms with Crippen LogP contribution in [0.3, 0.4) is 0 Å². The molecule has 0 radical (unpaired) electrons. The van der Waals surface area contributed by atoms with Gasteiger partial charge in [0, 0.05) is 0 Å². The van der Waals surface area contributed by atoms with Crippen molar-refractivity contribution in [1.82, 2.24) is 15.6 Å². The van der Waals surface area contributed by atoms with Gasteiger partial charge in [-0.15, -0.1) is 0 Å². The topological polar surface area (TPSA) is 99.8 Å². The van der Waals surface area contributed by atoms with E-state index in [0.29, 0.717) is 12.4 Å². The SMILES string of the molecule is CCC1C(=O)NC(=O)CN1C(=NC1CC1)NN. The largest absolute Gasteiger partial charge is 0.321 e. The molecule has 0 aromatic carbocycles. The van der Waals surface area contributed by atoms with E-state index in [1.165, 1.54) is 0 Å². The van der Waals surface area contributed by atoms with Gasteiger partial charge in [0.15, 0.2) is 0 Å². The summed E-state index contributed by atoms with van der Waals surface area (Å²) in [5.74, 6) is 5.24. The monoisotopic (exact) mass is 239 g/mol. The first-order chi connectivity index (χ1) is 8.15. The van der Waals surface area contributed by atoms with Crippen molar-refractivity contribution in [2.75, 3.05) is 6.54 Å². The number of carbonyl (C=O) groups excluding carboxylic acids is 2. The maximum atomic E-state index is 11.7. The Morgan fingerprint density at radius 2 is 2.29 bits per heavy atom. The molecule has 1 aliphatic heterocycles. The Labute approximate surface area is 99.4 Å². The minimum absolute atomic E-state index is 0.111. The molecule has 4 N–H and O–H groups in total. The second-order valence-corrected chi connectivity index (χ2v) is 4.29. The number of nitrogens with zero attached hydrogens (tertiary/aromatic N) is 2. The van der Waals surface area contributed by atoms with Crippen LogP contribution in [0.4, 0.5) is 0 Å². The number of guanidine groups is 1. The molecule has 1 saturated heterocycles. The van der Waals surface area contributed by atoms with Gasteiger partial charge >= 0.3 is 0 Å². The quantitative estimate of drug-likeness (QED) is 0.183. The molecule has 2 fully saturated rings. The number of rotatable bonds is 2. The van der Waals surface area contributed by atoms with E-state index in [1.807, 2.05) is 6.92 Å². The predicted octanol–water partition coefficient (Wildman–Crippen LogP) is -1.29. The molecule has 1 unspecified atom stereocenters. The number of aliphatic imine (C=N–C) groups is 1. The molecule has 0 spiro atoms. The minimum Gasteiger partial charge on any atom is -0.321 e. The summed E-state index contributed by atoms with van der Waals surface area (Å²) in [6.07, 6.45) is 2.68. The van der Waals surface area contributed by atoms with Crippen molar-refractivity contribution in [3.63, 3.8) is 0 Å². The van der Waals surface area contributed by atoms with Gasteiger partial charge in [-0.05, 0) is 19.3 Å². The maximum absolute atomic E-state index is 11.7. The molecular formula is C10H17N5O2. The summed E-state index contributed by atoms with van der Waals surface area (Å²) in [7, 11) is 0. The second kappa shape index (κ2) is 4.70. The Balaban J connectivity index is 2.19. The Morgan fingerprint density at radius 1 is 1.59 bits per heavy atom. The van der Waals surface area contributed by atoms with Gasteiger partial charge in [-0.1, -0.05) is 6.92 Å². The Bertz CT molecular complexity index is 364. The number of hydrogen-bond acceptors (Lipinski definition) is 4. The summed E-state index contributed by atoms with van der Waals surface area (Å²) in [6, 6.07) is -0.111. The van der Waals surface area contributed by atoms with E-state index < -0.39 is 0 Å². The molecule has 0 aromatic heterocycles. The molecule has 7 heteroatoms. The van der Waals surface area contributed by atoms with E-state index >= 15 is 0 Å². The molecule has 2 rings (SSSR count). The molecule has 1 atom stereocenters. The number of nitrogens with one attached hydrogen (secondary N) is 2. The van der Waals surface area contributed by atoms with Crippen LogP contribution in [-0.2, 0) is 9.59 Å². The van der Waals surface area contributed by atoms with Gasteiger partial charge in [0.1, 0.15) is 12.6 Å². The lowest BCUT2D eigenvalue weighted by Gasteiger charge is -2.35. The van der Waals surface area contributed by atoms with Crippen LogP contribution in [0.15, 0.2) is 4.99 Å². The van der Waals surface area contributed by atoms with E-state index in [1.54, 1.807) is 4.90 Å². The Hall–Kier alpha value is -1.63. The molecule has 7 nitrogen and oxygen atoms in total. The predicted molar refractivity (Wildman–Crippen MR) is 61.7 cm³/mol. The third-order valence-corrected chi connectivity index (χ3v) is 2.90. The average Bonchev–Trinajstić information content (AvgIpc) is 3.08. The van der Waals surface area contributed by atoms with E-state index in [2.05, 4.69) is 15.7 Å². The van der Waals surface area contributed by atoms with Crippen LogP contribution < -0.4 is 16.6 Å². The first kappa shape index (κ1) is 11.8. The molecule has 0 bridgehead atoms. The standard InChI is InChI=1S/C10H17N5O2/c1-2-7-9(17)13-8(16)5-15(7)10(14-11)12-6-3-4-6/h6-7H,2-5,11H2,1H3,(H,12,14)(H,13,16,17). The van der Waals surface area contributed by atoms with Crippen molar-refractivity contribution in [3.05, 3.63) is 0 Å². The van der Waals surface area contributed by atoms with Gasteiger partial charge in [0.25, 0.3) is 0 Å². The number of hydrazine groups is 1. The fourth-order valence-electron chi connectivity index (χ4n) is 1.87. The fraction of sp³-hybridized carbons (Fsp3) is 0.700. The molecule has 1 saturated carbocycles. The highest BCUT2D eigenvalue weighted by atomic mass is 16.2. The molecule has 0 aromatic rings. The fourth-order valence-corrected chi connectivity index (χ4v) is 1.87. The van der Waals surface area contributed by atoms with Crippen molar-refractivity contribution in [2.45, 2.75) is 38.3 Å². The second-order valence-electron chi connectivity index (χ2n) is 4.29. The third-order valence-electron chi connectivity index (χ3n) is 2.90. The average molecular weight is 239 g/mol. The first-order valence-electron chi connectivity index (χ1n) is 5.80. The van der Waals surface area contributed by atoms with Crippen LogP contribution >= 0.6 is 0 Å². The van der Waals surface area contributed by atoms with Crippen LogP contribution in [0.5, 0.6) is 0 Å². The van der Waals surface area contributed by atoms with Gasteiger partial charge in [0.2, 0.25) is 17.8 Å². The summed E-state index contributed by atoms with van der Waals surface area (Å²) in [4.78, 5) is 29.1. The van der Waals surface area contributed by atoms with Crippen molar-refractivity contribution in [1.29, 1.82) is 0 Å². The molecule has 2 amide bonds. The van der Waals surface area contributed by atoms with Crippen LogP contribution in [0, 0.1) is 0 Å². The van der Waals surface area contributed by atoms with Gasteiger partial charge in [-0.2, -0.15) is 0 Å². The van der Waals surface area contributed by atoms with Crippen LogP contribution in [0.2, 0.25) is 0 Å². The summed E-state index contributed by atoms with van der Waals surface area (Å²) < 4.78 is 0. The lowest BCUT2D eigenvalue weighted by Crippen LogP contribution is -2.62. The zero-order valence-corrected chi connectivity index (χ0v) is 9.77. The van der Waals surface area contributed by atoms with Gasteiger partial charge in [-0.25, -0.2) is 10.8 Å². The molecular weight excluding hydrogens is 222 g/mol. The number of carbonyl (C=O) groups is 2. The van der Waals surface area contributed by atoms with Gasteiger partial charge in [0.05, 0.1) is 6.04 Å². The number of amides is 2. The molecule has 17 heavy (non-hydrogen) atoms. The number of imide groups is 1. The van der Waals surface area contributed by atoms with Crippen molar-refractivity contribution >= 4 is 17.8 Å². The van der Waals surface area contributed by atoms with Crippen molar-refractivity contribution in [2.24, 2.45) is 10.8 Å². The molecule has 1 heterocycles. The smallest absolute Gasteiger partial charge is 0.249 e. The number of hydrogen-bond donors (Lipinski definition) is 3. The van der Waals surface area contributed by atoms with Crippen LogP contribution in [0.25, 0.3) is 0 Å². The third kappa shape index (κ3) is 2.55. The number of piperazine rings is 1. The summed E-state index contributed by atoms with van der Waals surface area (Å²) in [5, 5.41) is 2.32. The van der Waals surface area contributed by atoms with Gasteiger partial charge in [-0.3, -0.25) is 20.3 Å². The Kier molecular flexibility index (Phi) is 3.28. The van der Waals surface area contributed by atoms with E-state index in [4.69, 9.17) is 5.84 Å². The van der Waals surface area contributed by atoms with E-state index in [9.17, 15) is 9.59 Å².